The van der Waals surface area contributed by atoms with Crippen LogP contribution in [-0.4, -0.2) is 29.1 Å². The van der Waals surface area contributed by atoms with Crippen LogP contribution in [0.2, 0.25) is 0 Å². The summed E-state index contributed by atoms with van der Waals surface area (Å²) in [6.07, 6.45) is 0.0416. The number of Topliss-reactive ketones (excluding diaryl/α,β-unsaturated/α-hetero) is 2. The van der Waals surface area contributed by atoms with Crippen LogP contribution in [0, 0.1) is 16.0 Å². The summed E-state index contributed by atoms with van der Waals surface area (Å²) in [6, 6.07) is 5.63. The van der Waals surface area contributed by atoms with E-state index in [1.165, 1.54) is 31.2 Å². The van der Waals surface area contributed by atoms with Gasteiger partial charge in [0.25, 0.3) is 5.69 Å². The number of nitro benzene ring substituents is 1. The quantitative estimate of drug-likeness (QED) is 0.315. The van der Waals surface area contributed by atoms with Crippen molar-refractivity contribution in [3.8, 4) is 0 Å². The van der Waals surface area contributed by atoms with Crippen molar-refractivity contribution in [3.05, 3.63) is 39.9 Å². The first-order valence-corrected chi connectivity index (χ1v) is 7.28. The minimum Gasteiger partial charge on any atom is -0.465 e. The Hall–Kier alpha value is -2.57. The van der Waals surface area contributed by atoms with E-state index in [4.69, 9.17) is 4.74 Å². The van der Waals surface area contributed by atoms with Crippen LogP contribution in [0.25, 0.3) is 0 Å². The van der Waals surface area contributed by atoms with Crippen molar-refractivity contribution >= 4 is 23.2 Å². The lowest BCUT2D eigenvalue weighted by Gasteiger charge is -2.22. The number of para-hydroxylation sites is 1. The van der Waals surface area contributed by atoms with Gasteiger partial charge in [0.2, 0.25) is 0 Å². The normalized spacial score (nSPS) is 13.0. The molecule has 0 fully saturated rings. The Morgan fingerprint density at radius 1 is 1.22 bits per heavy atom. The fourth-order valence-corrected chi connectivity index (χ4v) is 2.44. The van der Waals surface area contributed by atoms with Crippen molar-refractivity contribution in [2.75, 3.05) is 6.61 Å². The van der Waals surface area contributed by atoms with E-state index in [0.717, 1.165) is 0 Å². The van der Waals surface area contributed by atoms with E-state index >= 15 is 0 Å². The second kappa shape index (κ2) is 8.17. The Kier molecular flexibility index (Phi) is 6.56. The Bertz CT molecular complexity index is 625. The second-order valence-corrected chi connectivity index (χ2v) is 4.95. The monoisotopic (exact) mass is 321 g/mol. The van der Waals surface area contributed by atoms with Crippen LogP contribution in [0.3, 0.4) is 0 Å². The summed E-state index contributed by atoms with van der Waals surface area (Å²) in [5.74, 6) is -4.44. The molecule has 1 rings (SSSR count). The van der Waals surface area contributed by atoms with Gasteiger partial charge in [-0.1, -0.05) is 25.1 Å². The van der Waals surface area contributed by atoms with Gasteiger partial charge in [-0.2, -0.15) is 0 Å². The van der Waals surface area contributed by atoms with Gasteiger partial charge in [-0.15, -0.1) is 0 Å². The molecular weight excluding hydrogens is 302 g/mol. The molecule has 0 N–H and O–H groups in total. The topological polar surface area (TPSA) is 104 Å². The predicted octanol–water partition coefficient (Wildman–Crippen LogP) is 2.43. The van der Waals surface area contributed by atoms with E-state index in [9.17, 15) is 24.5 Å². The maximum absolute atomic E-state index is 12.4. The molecule has 0 bridgehead atoms. The first kappa shape index (κ1) is 18.5. The zero-order valence-corrected chi connectivity index (χ0v) is 13.3. The molecule has 0 heterocycles. The van der Waals surface area contributed by atoms with E-state index < -0.39 is 34.3 Å². The third-order valence-electron chi connectivity index (χ3n) is 3.48. The van der Waals surface area contributed by atoms with Gasteiger partial charge in [0.15, 0.2) is 0 Å². The van der Waals surface area contributed by atoms with Gasteiger partial charge in [-0.05, 0) is 13.8 Å². The number of nitro groups is 1. The zero-order chi connectivity index (χ0) is 17.6. The van der Waals surface area contributed by atoms with Gasteiger partial charge >= 0.3 is 5.97 Å². The van der Waals surface area contributed by atoms with E-state index in [0.29, 0.717) is 0 Å². The zero-order valence-electron chi connectivity index (χ0n) is 13.3. The molecule has 0 radical (unpaired) electrons. The summed E-state index contributed by atoms with van der Waals surface area (Å²) in [7, 11) is 0. The molecule has 2 atom stereocenters. The summed E-state index contributed by atoms with van der Waals surface area (Å²) >= 11 is 0. The number of carbonyl (C=O) groups excluding carboxylic acids is 3. The van der Waals surface area contributed by atoms with Crippen molar-refractivity contribution in [2.45, 2.75) is 33.1 Å². The second-order valence-electron chi connectivity index (χ2n) is 4.95. The fourth-order valence-electron chi connectivity index (χ4n) is 2.44. The number of hydrogen-bond donors (Lipinski definition) is 0. The predicted molar refractivity (Wildman–Crippen MR) is 81.9 cm³/mol. The number of hydrogen-bond acceptors (Lipinski definition) is 6. The maximum atomic E-state index is 12.4. The average Bonchev–Trinajstić information content (AvgIpc) is 2.51. The number of ketones is 2. The molecule has 7 nitrogen and oxygen atoms in total. The summed E-state index contributed by atoms with van der Waals surface area (Å²) in [4.78, 5) is 47.0. The Morgan fingerprint density at radius 2 is 1.83 bits per heavy atom. The molecule has 124 valence electrons. The highest BCUT2D eigenvalue weighted by Crippen LogP contribution is 2.34. The van der Waals surface area contributed by atoms with E-state index in [2.05, 4.69) is 0 Å². The van der Waals surface area contributed by atoms with E-state index in [1.807, 2.05) is 0 Å². The number of rotatable bonds is 8. The Labute approximate surface area is 133 Å². The third-order valence-corrected chi connectivity index (χ3v) is 3.48. The van der Waals surface area contributed by atoms with Gasteiger partial charge in [0, 0.05) is 18.1 Å². The molecule has 1 aromatic rings. The van der Waals surface area contributed by atoms with Gasteiger partial charge < -0.3 is 4.74 Å². The van der Waals surface area contributed by atoms with Crippen LogP contribution in [0.5, 0.6) is 0 Å². The molecule has 0 aromatic heterocycles. The molecule has 0 spiro atoms. The Balaban J connectivity index is 3.50. The number of nitrogens with zero attached hydrogens (tertiary/aromatic N) is 1. The van der Waals surface area contributed by atoms with Gasteiger partial charge in [-0.3, -0.25) is 24.5 Å². The molecule has 0 saturated carbocycles. The van der Waals surface area contributed by atoms with E-state index in [-0.39, 0.29) is 24.3 Å². The molecule has 7 heteroatoms. The highest BCUT2D eigenvalue weighted by atomic mass is 16.6. The molecule has 0 aliphatic carbocycles. The SMILES string of the molecule is CCOC(=O)C(C(C)=O)C(C(=O)CC)c1ccccc1[N+](=O)[O-]. The third kappa shape index (κ3) is 4.21. The molecule has 1 aromatic carbocycles. The number of benzene rings is 1. The lowest BCUT2D eigenvalue weighted by Crippen LogP contribution is -2.34. The minimum absolute atomic E-state index is 0.0416. The summed E-state index contributed by atoms with van der Waals surface area (Å²) < 4.78 is 4.88. The lowest BCUT2D eigenvalue weighted by molar-refractivity contribution is -0.385. The summed E-state index contributed by atoms with van der Waals surface area (Å²) in [5.41, 5.74) is -0.243. The standard InChI is InChI=1S/C16H19NO6/c1-4-13(19)15(14(10(3)18)16(20)23-5-2)11-8-6-7-9-12(11)17(21)22/h6-9,14-15H,4-5H2,1-3H3. The molecule has 0 saturated heterocycles. The summed E-state index contributed by atoms with van der Waals surface area (Å²) in [5, 5.41) is 11.2. The van der Waals surface area contributed by atoms with Crippen molar-refractivity contribution in [2.24, 2.45) is 5.92 Å². The largest absolute Gasteiger partial charge is 0.465 e. The van der Waals surface area contributed by atoms with Crippen LogP contribution in [0.15, 0.2) is 24.3 Å². The molecule has 23 heavy (non-hydrogen) atoms. The van der Waals surface area contributed by atoms with Crippen molar-refractivity contribution < 1.29 is 24.0 Å². The fraction of sp³-hybridized carbons (Fsp3) is 0.438. The maximum Gasteiger partial charge on any atom is 0.317 e. The van der Waals surface area contributed by atoms with Crippen molar-refractivity contribution in [1.29, 1.82) is 0 Å². The first-order chi connectivity index (χ1) is 10.8. The average molecular weight is 321 g/mol. The molecule has 0 aliphatic heterocycles. The highest BCUT2D eigenvalue weighted by molar-refractivity contribution is 6.05. The van der Waals surface area contributed by atoms with Crippen molar-refractivity contribution in [3.63, 3.8) is 0 Å². The summed E-state index contributed by atoms with van der Waals surface area (Å²) in [6.45, 7) is 4.38. The first-order valence-electron chi connectivity index (χ1n) is 7.28. The smallest absolute Gasteiger partial charge is 0.317 e. The molecule has 0 aliphatic rings. The molecule has 0 amide bonds. The van der Waals surface area contributed by atoms with Gasteiger partial charge in [-0.25, -0.2) is 0 Å². The van der Waals surface area contributed by atoms with Crippen LogP contribution in [0.4, 0.5) is 5.69 Å². The van der Waals surface area contributed by atoms with E-state index in [1.54, 1.807) is 13.8 Å². The van der Waals surface area contributed by atoms with Gasteiger partial charge in [0.1, 0.15) is 17.5 Å². The molecular formula is C16H19NO6. The van der Waals surface area contributed by atoms with Gasteiger partial charge in [0.05, 0.1) is 17.4 Å². The Morgan fingerprint density at radius 3 is 2.30 bits per heavy atom. The van der Waals surface area contributed by atoms with Crippen LogP contribution in [0.1, 0.15) is 38.7 Å². The minimum atomic E-state index is -1.39. The van der Waals surface area contributed by atoms with Crippen LogP contribution >= 0.6 is 0 Å². The number of ether oxygens (including phenoxy) is 1. The lowest BCUT2D eigenvalue weighted by atomic mass is 9.79. The molecule has 2 unspecified atom stereocenters. The highest BCUT2D eigenvalue weighted by Gasteiger charge is 2.41. The van der Waals surface area contributed by atoms with Crippen LogP contribution < -0.4 is 0 Å². The van der Waals surface area contributed by atoms with Crippen LogP contribution in [-0.2, 0) is 19.1 Å². The van der Waals surface area contributed by atoms with Crippen molar-refractivity contribution in [1.82, 2.24) is 0 Å². The number of carbonyl (C=O) groups is 3. The number of esters is 1.